The summed E-state index contributed by atoms with van der Waals surface area (Å²) in [5, 5.41) is 0. The van der Waals surface area contributed by atoms with Gasteiger partial charge in [0.15, 0.2) is 0 Å². The molecule has 0 saturated heterocycles. The van der Waals surface area contributed by atoms with E-state index in [9.17, 15) is 0 Å². The van der Waals surface area contributed by atoms with Crippen molar-refractivity contribution in [1.82, 2.24) is 19.1 Å². The van der Waals surface area contributed by atoms with Crippen LogP contribution in [-0.2, 0) is 25.8 Å². The van der Waals surface area contributed by atoms with E-state index in [-0.39, 0.29) is 25.8 Å². The molecule has 0 aliphatic rings. The molecule has 5 heteroatoms. The second-order valence-corrected chi connectivity index (χ2v) is 7.27. The molecule has 0 bridgehead atoms. The smallest absolute Gasteiger partial charge is 0.433 e. The van der Waals surface area contributed by atoms with E-state index in [2.05, 4.69) is 52.2 Å². The van der Waals surface area contributed by atoms with Crippen LogP contribution in [0.5, 0.6) is 0 Å². The van der Waals surface area contributed by atoms with Gasteiger partial charge in [-0.25, -0.2) is 0 Å². The van der Waals surface area contributed by atoms with Crippen molar-refractivity contribution in [2.75, 3.05) is 0 Å². The summed E-state index contributed by atoms with van der Waals surface area (Å²) in [6.45, 7) is 8.42. The Morgan fingerprint density at radius 1 is 0.714 bits per heavy atom. The average molecular weight is 461 g/mol. The Balaban J connectivity index is 0.00000225. The topological polar surface area (TPSA) is 35.6 Å². The Bertz CT molecular complexity index is 1010. The number of hydrogen-bond donors (Lipinski definition) is 0. The molecule has 0 fully saturated rings. The van der Waals surface area contributed by atoms with Crippen LogP contribution in [0, 0.1) is 26.2 Å². The second kappa shape index (κ2) is 7.87. The van der Waals surface area contributed by atoms with Gasteiger partial charge in [-0.15, -0.1) is 23.5 Å². The van der Waals surface area contributed by atoms with Crippen LogP contribution in [-0.4, -0.2) is 19.1 Å². The molecule has 4 rings (SSSR count). The van der Waals surface area contributed by atoms with Crippen molar-refractivity contribution in [3.63, 3.8) is 0 Å². The molecule has 0 N–H and O–H groups in total. The van der Waals surface area contributed by atoms with Crippen LogP contribution in [0.25, 0.3) is 11.6 Å². The summed E-state index contributed by atoms with van der Waals surface area (Å²) in [6.07, 6.45) is 6.41. The third kappa shape index (κ3) is 3.61. The molecule has 144 valence electrons. The first-order valence-corrected chi connectivity index (χ1v) is 9.05. The normalized spacial score (nSPS) is 11.3. The van der Waals surface area contributed by atoms with Crippen LogP contribution in [0.4, 0.5) is 0 Å². The van der Waals surface area contributed by atoms with Crippen molar-refractivity contribution in [3.8, 4) is 11.6 Å². The minimum absolute atomic E-state index is 0. The summed E-state index contributed by atoms with van der Waals surface area (Å²) in [5.41, 5.74) is 3.82. The Morgan fingerprint density at radius 3 is 1.50 bits per heavy atom. The summed E-state index contributed by atoms with van der Waals surface area (Å²) in [4.78, 5) is 9.82. The number of aryl methyl sites for hydroxylation is 2. The van der Waals surface area contributed by atoms with Gasteiger partial charge in [0.1, 0.15) is 0 Å². The maximum absolute atomic E-state index is 4.91. The van der Waals surface area contributed by atoms with E-state index in [1.807, 2.05) is 57.7 Å². The van der Waals surface area contributed by atoms with Gasteiger partial charge in [0, 0.05) is 16.8 Å². The van der Waals surface area contributed by atoms with E-state index in [4.69, 9.17) is 9.97 Å². The summed E-state index contributed by atoms with van der Waals surface area (Å²) >= 11 is 0. The number of aromatic nitrogens is 4. The molecule has 4 nitrogen and oxygen atoms in total. The molecule has 0 unspecified atom stereocenters. The van der Waals surface area contributed by atoms with E-state index >= 15 is 0 Å². The zero-order chi connectivity index (χ0) is 19.0. The van der Waals surface area contributed by atoms with E-state index in [0.29, 0.717) is 0 Å². The van der Waals surface area contributed by atoms with Crippen LogP contribution in [0.1, 0.15) is 36.6 Å². The molecule has 4 aromatic rings. The predicted octanol–water partition coefficient (Wildman–Crippen LogP) is 4.60. The molecule has 0 amide bonds. The van der Waals surface area contributed by atoms with Gasteiger partial charge >= 0.3 is 20.4 Å². The van der Waals surface area contributed by atoms with E-state index in [0.717, 1.165) is 34.4 Å². The molecule has 28 heavy (non-hydrogen) atoms. The zero-order valence-corrected chi connectivity index (χ0v) is 17.9. The monoisotopic (exact) mass is 460 g/mol. The quantitative estimate of drug-likeness (QED) is 0.329. The van der Waals surface area contributed by atoms with Crippen LogP contribution in [0.2, 0.25) is 0 Å². The van der Waals surface area contributed by atoms with E-state index in [1.165, 1.54) is 0 Å². The van der Waals surface area contributed by atoms with Crippen molar-refractivity contribution in [2.24, 2.45) is 0 Å². The minimum Gasteiger partial charge on any atom is -0.433 e. The van der Waals surface area contributed by atoms with Gasteiger partial charge in [0.25, 0.3) is 0 Å². The maximum Gasteiger partial charge on any atom is 2.00 e. The fourth-order valence-corrected chi connectivity index (χ4v) is 3.23. The fraction of sp³-hybridized carbons (Fsp3) is 0.217. The van der Waals surface area contributed by atoms with Crippen LogP contribution in [0.3, 0.4) is 0 Å². The molecular weight excluding hydrogens is 439 g/mol. The third-order valence-electron chi connectivity index (χ3n) is 4.97. The van der Waals surface area contributed by atoms with Gasteiger partial charge in [-0.05, 0) is 26.0 Å². The number of rotatable bonds is 4. The third-order valence-corrected chi connectivity index (χ3v) is 4.97. The molecule has 0 aliphatic carbocycles. The molecule has 4 aromatic heterocycles. The van der Waals surface area contributed by atoms with E-state index < -0.39 is 0 Å². The number of nitrogens with zero attached hydrogens (tertiary/aromatic N) is 4. The Morgan fingerprint density at radius 2 is 1.14 bits per heavy atom. The first-order valence-electron chi connectivity index (χ1n) is 9.05. The zero-order valence-electron chi connectivity index (χ0n) is 16.4. The Hall–Kier alpha value is -2.48. The average Bonchev–Trinajstić information content (AvgIpc) is 3.30. The van der Waals surface area contributed by atoms with Crippen molar-refractivity contribution >= 4 is 0 Å². The minimum atomic E-state index is -0.339. The molecule has 0 spiro atoms. The first-order chi connectivity index (χ1) is 13.0. The van der Waals surface area contributed by atoms with Gasteiger partial charge in [-0.2, -0.15) is 12.1 Å². The number of pyridine rings is 2. The molecule has 0 saturated carbocycles. The molecule has 0 radical (unpaired) electrons. The van der Waals surface area contributed by atoms with Gasteiger partial charge < -0.3 is 9.13 Å². The summed E-state index contributed by atoms with van der Waals surface area (Å²) in [7, 11) is 0. The largest absolute Gasteiger partial charge is 2.00 e. The van der Waals surface area contributed by atoms with Crippen LogP contribution in [0.15, 0.2) is 60.7 Å². The summed E-state index contributed by atoms with van der Waals surface area (Å²) < 4.78 is 3.95. The standard InChI is InChI=1S/C23H22N4.Pd/c1-17-9-7-15-26(17)21-13-5-11-19(24-21)23(3,4)20-12-6-14-22(25-20)27-16-8-10-18(27)2;/h5-14H,1-4H3;/q-2;+2. The van der Waals surface area contributed by atoms with E-state index in [1.54, 1.807) is 0 Å². The van der Waals surface area contributed by atoms with Gasteiger partial charge in [-0.1, -0.05) is 50.5 Å². The molecular formula is C23H22N4Pd. The van der Waals surface area contributed by atoms with Crippen molar-refractivity contribution in [3.05, 3.63) is 95.8 Å². The summed E-state index contributed by atoms with van der Waals surface area (Å²) in [5.74, 6) is 1.74. The fourth-order valence-electron chi connectivity index (χ4n) is 3.23. The summed E-state index contributed by atoms with van der Waals surface area (Å²) in [6, 6.07) is 20.1. The first kappa shape index (κ1) is 20.3. The number of hydrogen-bond acceptors (Lipinski definition) is 2. The van der Waals surface area contributed by atoms with Gasteiger partial charge in [0.2, 0.25) is 0 Å². The Kier molecular flexibility index (Phi) is 5.69. The van der Waals surface area contributed by atoms with Crippen LogP contribution >= 0.6 is 0 Å². The van der Waals surface area contributed by atoms with Crippen LogP contribution < -0.4 is 0 Å². The van der Waals surface area contributed by atoms with Crippen molar-refractivity contribution in [1.29, 1.82) is 0 Å². The van der Waals surface area contributed by atoms with Crippen molar-refractivity contribution < 1.29 is 20.4 Å². The molecule has 0 aliphatic heterocycles. The predicted molar refractivity (Wildman–Crippen MR) is 106 cm³/mol. The Labute approximate surface area is 179 Å². The van der Waals surface area contributed by atoms with Gasteiger partial charge in [0.05, 0.1) is 11.6 Å². The molecule has 0 atom stereocenters. The van der Waals surface area contributed by atoms with Crippen molar-refractivity contribution in [2.45, 2.75) is 33.1 Å². The SMILES string of the molecule is Cc1cc[c-]n1-c1cccc(C(C)(C)c2cccc(-n3[c-]ccc3C)n2)n1.[Pd+2]. The maximum atomic E-state index is 4.91. The van der Waals surface area contributed by atoms with Gasteiger partial charge in [-0.3, -0.25) is 9.97 Å². The molecule has 0 aromatic carbocycles. The molecule has 4 heterocycles. The second-order valence-electron chi connectivity index (χ2n) is 7.27.